The molecule has 0 unspecified atom stereocenters. The lowest BCUT2D eigenvalue weighted by Crippen LogP contribution is -1.86. The van der Waals surface area contributed by atoms with Gasteiger partial charge in [0.15, 0.2) is 0 Å². The van der Waals surface area contributed by atoms with E-state index in [9.17, 15) is 0 Å². The van der Waals surface area contributed by atoms with Gasteiger partial charge in [-0.2, -0.15) is 0 Å². The molecule has 0 heterocycles. The Kier molecular flexibility index (Phi) is 5.27. The number of unbranched alkanes of at least 4 members (excludes halogenated alkanes) is 1. The van der Waals surface area contributed by atoms with Gasteiger partial charge in [0.2, 0.25) is 0 Å². The summed E-state index contributed by atoms with van der Waals surface area (Å²) < 4.78 is 0. The lowest BCUT2D eigenvalue weighted by molar-refractivity contribution is 0.320. The fourth-order valence-electron chi connectivity index (χ4n) is 0.675. The Morgan fingerprint density at radius 2 is 2.22 bits per heavy atom. The SMILES string of the molecule is CC(C)CCC/C=N/O. The number of oxime groups is 1. The van der Waals surface area contributed by atoms with Gasteiger partial charge in [-0.1, -0.05) is 20.3 Å². The van der Waals surface area contributed by atoms with Crippen LogP contribution in [0.25, 0.3) is 0 Å². The third kappa shape index (κ3) is 7.47. The van der Waals surface area contributed by atoms with Crippen molar-refractivity contribution in [3.8, 4) is 0 Å². The summed E-state index contributed by atoms with van der Waals surface area (Å²) in [6, 6.07) is 0. The van der Waals surface area contributed by atoms with E-state index in [4.69, 9.17) is 5.21 Å². The van der Waals surface area contributed by atoms with Crippen molar-refractivity contribution < 1.29 is 5.21 Å². The predicted molar refractivity (Wildman–Crippen MR) is 39.0 cm³/mol. The normalized spacial score (nSPS) is 11.4. The lowest BCUT2D eigenvalue weighted by atomic mass is 10.1. The van der Waals surface area contributed by atoms with Crippen LogP contribution in [-0.4, -0.2) is 11.4 Å². The molecule has 0 rings (SSSR count). The number of hydrogen-bond donors (Lipinski definition) is 1. The molecular weight excluding hydrogens is 114 g/mol. The molecule has 0 aliphatic carbocycles. The fraction of sp³-hybridized carbons (Fsp3) is 0.857. The first kappa shape index (κ1) is 8.47. The van der Waals surface area contributed by atoms with Crippen LogP contribution in [0.4, 0.5) is 0 Å². The van der Waals surface area contributed by atoms with Crippen LogP contribution in [0, 0.1) is 5.92 Å². The molecule has 2 nitrogen and oxygen atoms in total. The van der Waals surface area contributed by atoms with Gasteiger partial charge in [-0.15, -0.1) is 5.16 Å². The Balaban J connectivity index is 2.91. The number of hydrogen-bond acceptors (Lipinski definition) is 2. The van der Waals surface area contributed by atoms with Crippen LogP contribution in [0.5, 0.6) is 0 Å². The Morgan fingerprint density at radius 3 is 2.67 bits per heavy atom. The third-order valence-electron chi connectivity index (χ3n) is 1.20. The van der Waals surface area contributed by atoms with Crippen LogP contribution in [0.3, 0.4) is 0 Å². The lowest BCUT2D eigenvalue weighted by Gasteiger charge is -1.99. The Morgan fingerprint density at radius 1 is 1.56 bits per heavy atom. The molecule has 0 aromatic rings. The Bertz CT molecular complexity index is 79.0. The monoisotopic (exact) mass is 129 g/mol. The molecule has 0 bridgehead atoms. The molecule has 1 N–H and O–H groups in total. The molecule has 0 aromatic carbocycles. The van der Waals surface area contributed by atoms with Crippen LogP contribution in [-0.2, 0) is 0 Å². The Labute approximate surface area is 56.6 Å². The van der Waals surface area contributed by atoms with E-state index in [1.54, 1.807) is 6.21 Å². The van der Waals surface area contributed by atoms with Gasteiger partial charge in [-0.3, -0.25) is 0 Å². The van der Waals surface area contributed by atoms with Crippen molar-refractivity contribution in [2.75, 3.05) is 0 Å². The van der Waals surface area contributed by atoms with Gasteiger partial charge in [0.25, 0.3) is 0 Å². The molecule has 0 saturated heterocycles. The van der Waals surface area contributed by atoms with Crippen molar-refractivity contribution in [2.45, 2.75) is 33.1 Å². The number of rotatable bonds is 4. The van der Waals surface area contributed by atoms with Gasteiger partial charge in [0.05, 0.1) is 0 Å². The first-order valence-electron chi connectivity index (χ1n) is 3.43. The van der Waals surface area contributed by atoms with E-state index in [2.05, 4.69) is 19.0 Å². The summed E-state index contributed by atoms with van der Waals surface area (Å²) in [4.78, 5) is 0. The first-order valence-corrected chi connectivity index (χ1v) is 3.43. The summed E-state index contributed by atoms with van der Waals surface area (Å²) in [6.45, 7) is 4.38. The molecular formula is C7H15NO. The van der Waals surface area contributed by atoms with Crippen LogP contribution in [0.15, 0.2) is 5.16 Å². The summed E-state index contributed by atoms with van der Waals surface area (Å²) in [5.41, 5.74) is 0. The maximum atomic E-state index is 8.00. The third-order valence-corrected chi connectivity index (χ3v) is 1.20. The Hall–Kier alpha value is -0.530. The molecule has 54 valence electrons. The van der Waals surface area contributed by atoms with Gasteiger partial charge >= 0.3 is 0 Å². The summed E-state index contributed by atoms with van der Waals surface area (Å²) in [5, 5.41) is 10.9. The zero-order valence-corrected chi connectivity index (χ0v) is 6.17. The minimum absolute atomic E-state index is 0.761. The van der Waals surface area contributed by atoms with Crippen LogP contribution >= 0.6 is 0 Å². The predicted octanol–water partition coefficient (Wildman–Crippen LogP) is 2.27. The molecule has 0 radical (unpaired) electrons. The second kappa shape index (κ2) is 5.60. The van der Waals surface area contributed by atoms with E-state index in [0.717, 1.165) is 18.8 Å². The van der Waals surface area contributed by atoms with Gasteiger partial charge in [0.1, 0.15) is 0 Å². The topological polar surface area (TPSA) is 32.6 Å². The van der Waals surface area contributed by atoms with E-state index >= 15 is 0 Å². The molecule has 0 atom stereocenters. The molecule has 0 fully saturated rings. The van der Waals surface area contributed by atoms with Gasteiger partial charge in [-0.25, -0.2) is 0 Å². The fourth-order valence-corrected chi connectivity index (χ4v) is 0.675. The molecule has 9 heavy (non-hydrogen) atoms. The van der Waals surface area contributed by atoms with Gasteiger partial charge in [0, 0.05) is 6.21 Å². The van der Waals surface area contributed by atoms with Crippen molar-refractivity contribution >= 4 is 6.21 Å². The van der Waals surface area contributed by atoms with Crippen LogP contribution in [0.2, 0.25) is 0 Å². The van der Waals surface area contributed by atoms with E-state index in [0.29, 0.717) is 0 Å². The van der Waals surface area contributed by atoms with E-state index in [-0.39, 0.29) is 0 Å². The summed E-state index contributed by atoms with van der Waals surface area (Å²) in [5.74, 6) is 0.761. The van der Waals surface area contributed by atoms with E-state index in [1.807, 2.05) is 0 Å². The van der Waals surface area contributed by atoms with E-state index < -0.39 is 0 Å². The van der Waals surface area contributed by atoms with Crippen molar-refractivity contribution in [1.29, 1.82) is 0 Å². The van der Waals surface area contributed by atoms with Crippen LogP contribution in [0.1, 0.15) is 33.1 Å². The zero-order valence-electron chi connectivity index (χ0n) is 6.17. The van der Waals surface area contributed by atoms with Crippen molar-refractivity contribution in [1.82, 2.24) is 0 Å². The summed E-state index contributed by atoms with van der Waals surface area (Å²) in [6.07, 6.45) is 4.78. The van der Waals surface area contributed by atoms with Crippen molar-refractivity contribution in [3.63, 3.8) is 0 Å². The minimum Gasteiger partial charge on any atom is -0.411 e. The highest BCUT2D eigenvalue weighted by Gasteiger charge is 1.90. The minimum atomic E-state index is 0.761. The molecule has 0 saturated carbocycles. The standard InChI is InChI=1S/C7H15NO/c1-7(2)5-3-4-6-8-9/h6-7,9H,3-5H2,1-2H3/b8-6+. The number of nitrogens with zero attached hydrogens (tertiary/aromatic N) is 1. The average molecular weight is 129 g/mol. The van der Waals surface area contributed by atoms with Crippen molar-refractivity contribution in [3.05, 3.63) is 0 Å². The van der Waals surface area contributed by atoms with Crippen molar-refractivity contribution in [2.24, 2.45) is 11.1 Å². The molecule has 0 aliphatic rings. The second-order valence-corrected chi connectivity index (χ2v) is 2.62. The second-order valence-electron chi connectivity index (χ2n) is 2.62. The first-order chi connectivity index (χ1) is 4.27. The zero-order chi connectivity index (χ0) is 7.11. The molecule has 0 aliphatic heterocycles. The highest BCUT2D eigenvalue weighted by Crippen LogP contribution is 2.04. The average Bonchev–Trinajstić information content (AvgIpc) is 1.80. The van der Waals surface area contributed by atoms with Gasteiger partial charge < -0.3 is 5.21 Å². The van der Waals surface area contributed by atoms with Gasteiger partial charge in [-0.05, 0) is 18.8 Å². The molecule has 0 aromatic heterocycles. The van der Waals surface area contributed by atoms with E-state index in [1.165, 1.54) is 6.42 Å². The molecule has 0 amide bonds. The maximum absolute atomic E-state index is 8.00. The summed E-state index contributed by atoms with van der Waals surface area (Å²) in [7, 11) is 0. The smallest absolute Gasteiger partial charge is 0.0435 e. The maximum Gasteiger partial charge on any atom is 0.0435 e. The van der Waals surface area contributed by atoms with Crippen LogP contribution < -0.4 is 0 Å². The molecule has 0 spiro atoms. The highest BCUT2D eigenvalue weighted by molar-refractivity contribution is 5.55. The quantitative estimate of drug-likeness (QED) is 0.268. The highest BCUT2D eigenvalue weighted by atomic mass is 16.4. The molecule has 2 heteroatoms. The largest absolute Gasteiger partial charge is 0.411 e. The summed E-state index contributed by atoms with van der Waals surface area (Å²) >= 11 is 0.